The summed E-state index contributed by atoms with van der Waals surface area (Å²) >= 11 is 0. The number of nitrogens with one attached hydrogen (secondary N) is 2. The molecule has 1 unspecified atom stereocenters. The van der Waals surface area contributed by atoms with Crippen LogP contribution in [0.1, 0.15) is 44.2 Å². The van der Waals surface area contributed by atoms with Crippen molar-refractivity contribution in [1.82, 2.24) is 20.1 Å². The van der Waals surface area contributed by atoms with E-state index in [1.54, 1.807) is 0 Å². The van der Waals surface area contributed by atoms with E-state index in [1.807, 2.05) is 13.8 Å². The van der Waals surface area contributed by atoms with Crippen molar-refractivity contribution in [2.45, 2.75) is 45.6 Å². The van der Waals surface area contributed by atoms with Gasteiger partial charge in [-0.25, -0.2) is 14.1 Å². The number of nitrogens with zero attached hydrogens (tertiary/aromatic N) is 3. The summed E-state index contributed by atoms with van der Waals surface area (Å²) in [6.45, 7) is 0.928. The van der Waals surface area contributed by atoms with E-state index in [1.165, 1.54) is 0 Å². The molecular weight excluding hydrogens is 377 g/mol. The highest BCUT2D eigenvalue weighted by molar-refractivity contribution is 5.83. The van der Waals surface area contributed by atoms with Gasteiger partial charge in [0, 0.05) is 29.4 Å². The zero-order valence-electron chi connectivity index (χ0n) is 15.3. The van der Waals surface area contributed by atoms with Gasteiger partial charge in [0.25, 0.3) is 0 Å². The molecule has 0 saturated carbocycles. The molecular formula is C17H21F3N6O2. The maximum absolute atomic E-state index is 15.0. The van der Waals surface area contributed by atoms with E-state index in [0.29, 0.717) is 11.1 Å². The molecule has 1 aliphatic rings. The quantitative estimate of drug-likeness (QED) is 0.566. The SMILES string of the molecule is CC(C)C[C@@H](Nc1nc(-c2cnn(C(F)F)c2)c2c(c1F)CNC2O)C(N)=O. The Labute approximate surface area is 158 Å². The molecule has 2 atom stereocenters. The van der Waals surface area contributed by atoms with Gasteiger partial charge in [0.1, 0.15) is 12.3 Å². The van der Waals surface area contributed by atoms with Gasteiger partial charge in [0.05, 0.1) is 11.9 Å². The summed E-state index contributed by atoms with van der Waals surface area (Å²) in [6.07, 6.45) is 1.35. The molecule has 0 fully saturated rings. The molecule has 3 heterocycles. The summed E-state index contributed by atoms with van der Waals surface area (Å²) in [4.78, 5) is 15.9. The third-order valence-electron chi connectivity index (χ3n) is 4.46. The lowest BCUT2D eigenvalue weighted by atomic mass is 10.0. The van der Waals surface area contributed by atoms with Gasteiger partial charge in [0.15, 0.2) is 11.6 Å². The van der Waals surface area contributed by atoms with Crippen LogP contribution in [0.15, 0.2) is 12.4 Å². The average molecular weight is 398 g/mol. The summed E-state index contributed by atoms with van der Waals surface area (Å²) in [6, 6.07) is -0.865. The number of pyridine rings is 1. The number of anilines is 1. The molecule has 28 heavy (non-hydrogen) atoms. The lowest BCUT2D eigenvalue weighted by Gasteiger charge is -2.20. The summed E-state index contributed by atoms with van der Waals surface area (Å²) in [5.74, 6) is -1.53. The fraction of sp³-hybridized carbons (Fsp3) is 0.471. The van der Waals surface area contributed by atoms with E-state index < -0.39 is 30.5 Å². The maximum Gasteiger partial charge on any atom is 0.333 e. The number of fused-ring (bicyclic) bond motifs is 1. The van der Waals surface area contributed by atoms with Gasteiger partial charge >= 0.3 is 6.55 Å². The fourth-order valence-electron chi connectivity index (χ4n) is 3.16. The highest BCUT2D eigenvalue weighted by Gasteiger charge is 2.32. The second kappa shape index (κ2) is 7.76. The Hall–Kier alpha value is -2.66. The van der Waals surface area contributed by atoms with Gasteiger partial charge in [-0.1, -0.05) is 13.8 Å². The van der Waals surface area contributed by atoms with Crippen molar-refractivity contribution in [2.75, 3.05) is 5.32 Å². The van der Waals surface area contributed by atoms with Crippen molar-refractivity contribution in [1.29, 1.82) is 0 Å². The standard InChI is InChI=1S/C17H21F3N6O2/c1-7(2)3-10(14(21)27)24-15-12(18)9-5-22-16(28)11(9)13(25-15)8-4-23-26(6-8)17(19)20/h4,6-7,10,16-17,22,28H,3,5H2,1-2H3,(H2,21,27)(H,24,25)/t10-,16?/m1/s1. The summed E-state index contributed by atoms with van der Waals surface area (Å²) in [5.41, 5.74) is 5.96. The number of aliphatic hydroxyl groups is 1. The van der Waals surface area contributed by atoms with Crippen LogP contribution in [0.3, 0.4) is 0 Å². The Morgan fingerprint density at radius 3 is 2.79 bits per heavy atom. The first-order chi connectivity index (χ1) is 13.2. The van der Waals surface area contributed by atoms with Crippen LogP contribution in [0, 0.1) is 11.7 Å². The monoisotopic (exact) mass is 398 g/mol. The van der Waals surface area contributed by atoms with Crippen molar-refractivity contribution in [3.63, 3.8) is 0 Å². The van der Waals surface area contributed by atoms with Crippen molar-refractivity contribution in [3.8, 4) is 11.3 Å². The third kappa shape index (κ3) is 3.80. The predicted octanol–water partition coefficient (Wildman–Crippen LogP) is 1.89. The Balaban J connectivity index is 2.08. The van der Waals surface area contributed by atoms with E-state index in [-0.39, 0.29) is 40.7 Å². The number of hydrogen-bond acceptors (Lipinski definition) is 6. The Morgan fingerprint density at radius 1 is 1.50 bits per heavy atom. The third-order valence-corrected chi connectivity index (χ3v) is 4.46. The smallest absolute Gasteiger partial charge is 0.333 e. The first kappa shape index (κ1) is 20.1. The van der Waals surface area contributed by atoms with E-state index in [9.17, 15) is 23.1 Å². The lowest BCUT2D eigenvalue weighted by molar-refractivity contribution is -0.119. The number of carbonyl (C=O) groups is 1. The normalized spacial score (nSPS) is 17.2. The number of aliphatic hydroxyl groups excluding tert-OH is 1. The lowest BCUT2D eigenvalue weighted by Crippen LogP contribution is -2.37. The van der Waals surface area contributed by atoms with Gasteiger partial charge in [-0.15, -0.1) is 0 Å². The number of hydrogen-bond donors (Lipinski definition) is 4. The van der Waals surface area contributed by atoms with Crippen molar-refractivity contribution in [3.05, 3.63) is 29.3 Å². The number of primary amides is 1. The molecule has 1 amide bonds. The number of amides is 1. The Bertz CT molecular complexity index is 886. The van der Waals surface area contributed by atoms with Gasteiger partial charge in [-0.2, -0.15) is 13.9 Å². The number of nitrogens with two attached hydrogens (primary N) is 1. The molecule has 0 saturated heterocycles. The van der Waals surface area contributed by atoms with Crippen LogP contribution in [0.4, 0.5) is 19.0 Å². The molecule has 5 N–H and O–H groups in total. The van der Waals surface area contributed by atoms with Crippen LogP contribution in [-0.2, 0) is 11.3 Å². The molecule has 2 aromatic heterocycles. The van der Waals surface area contributed by atoms with Crippen LogP contribution < -0.4 is 16.4 Å². The molecule has 0 aliphatic carbocycles. The van der Waals surface area contributed by atoms with Gasteiger partial charge < -0.3 is 16.2 Å². The van der Waals surface area contributed by atoms with Crippen LogP contribution in [0.2, 0.25) is 0 Å². The zero-order chi connectivity index (χ0) is 20.6. The van der Waals surface area contributed by atoms with Crippen LogP contribution in [0.25, 0.3) is 11.3 Å². The molecule has 0 radical (unpaired) electrons. The second-order valence-electron chi connectivity index (χ2n) is 7.01. The minimum absolute atomic E-state index is 0.0148. The Morgan fingerprint density at radius 2 is 2.21 bits per heavy atom. The zero-order valence-corrected chi connectivity index (χ0v) is 15.3. The summed E-state index contributed by atoms with van der Waals surface area (Å²) in [7, 11) is 0. The van der Waals surface area contributed by atoms with Gasteiger partial charge in [-0.3, -0.25) is 10.1 Å². The van der Waals surface area contributed by atoms with Crippen LogP contribution in [-0.4, -0.2) is 31.8 Å². The number of alkyl halides is 2. The van der Waals surface area contributed by atoms with E-state index in [2.05, 4.69) is 20.7 Å². The van der Waals surface area contributed by atoms with Crippen LogP contribution >= 0.6 is 0 Å². The largest absolute Gasteiger partial charge is 0.374 e. The summed E-state index contributed by atoms with van der Waals surface area (Å²) in [5, 5.41) is 19.1. The Kier molecular flexibility index (Phi) is 5.57. The minimum atomic E-state index is -2.85. The number of rotatable bonds is 7. The predicted molar refractivity (Wildman–Crippen MR) is 94.5 cm³/mol. The first-order valence-corrected chi connectivity index (χ1v) is 8.71. The van der Waals surface area contributed by atoms with Gasteiger partial charge in [-0.05, 0) is 12.3 Å². The topological polar surface area (TPSA) is 118 Å². The molecule has 152 valence electrons. The highest BCUT2D eigenvalue weighted by Crippen LogP contribution is 2.37. The maximum atomic E-state index is 15.0. The average Bonchev–Trinajstić information content (AvgIpc) is 3.24. The number of aromatic nitrogens is 3. The second-order valence-corrected chi connectivity index (χ2v) is 7.01. The molecule has 11 heteroatoms. The molecule has 2 aromatic rings. The molecule has 0 spiro atoms. The molecule has 1 aliphatic heterocycles. The minimum Gasteiger partial charge on any atom is -0.374 e. The summed E-state index contributed by atoms with van der Waals surface area (Å²) < 4.78 is 41.1. The molecule has 3 rings (SSSR count). The van der Waals surface area contributed by atoms with Crippen LogP contribution in [0.5, 0.6) is 0 Å². The van der Waals surface area contributed by atoms with Crippen molar-refractivity contribution < 1.29 is 23.1 Å². The van der Waals surface area contributed by atoms with Crippen molar-refractivity contribution in [2.24, 2.45) is 11.7 Å². The number of halogens is 3. The van der Waals surface area contributed by atoms with Crippen molar-refractivity contribution >= 4 is 11.7 Å². The number of carbonyl (C=O) groups excluding carboxylic acids is 1. The molecule has 0 aromatic carbocycles. The highest BCUT2D eigenvalue weighted by atomic mass is 19.3. The van der Waals surface area contributed by atoms with E-state index in [4.69, 9.17) is 5.73 Å². The fourth-order valence-corrected chi connectivity index (χ4v) is 3.16. The van der Waals surface area contributed by atoms with E-state index >= 15 is 0 Å². The first-order valence-electron chi connectivity index (χ1n) is 8.71. The molecule has 8 nitrogen and oxygen atoms in total. The van der Waals surface area contributed by atoms with Gasteiger partial charge in [0.2, 0.25) is 5.91 Å². The molecule has 0 bridgehead atoms. The van der Waals surface area contributed by atoms with E-state index in [0.717, 1.165) is 12.4 Å².